The number of pyridine rings is 1. The molecule has 1 aromatic heterocycles. The fourth-order valence-electron chi connectivity index (χ4n) is 3.77. The molecule has 4 rings (SSSR count). The Morgan fingerprint density at radius 2 is 2.03 bits per heavy atom. The second-order valence-electron chi connectivity index (χ2n) is 7.30. The van der Waals surface area contributed by atoms with Gasteiger partial charge in [-0.3, -0.25) is 14.7 Å². The number of nitrogens with zero attached hydrogens (tertiary/aromatic N) is 2. The molecule has 0 bridgehead atoms. The lowest BCUT2D eigenvalue weighted by atomic mass is 10.0. The van der Waals surface area contributed by atoms with Gasteiger partial charge in [-0.05, 0) is 42.2 Å². The summed E-state index contributed by atoms with van der Waals surface area (Å²) in [5.41, 5.74) is 2.28. The number of ether oxygens (including phenoxy) is 3. The largest absolute Gasteiger partial charge is 0.454 e. The van der Waals surface area contributed by atoms with Gasteiger partial charge in [0.05, 0.1) is 19.3 Å². The van der Waals surface area contributed by atoms with Gasteiger partial charge in [0.2, 0.25) is 12.7 Å². The number of morpholine rings is 1. The number of amides is 1. The van der Waals surface area contributed by atoms with Crippen LogP contribution < -0.4 is 14.8 Å². The van der Waals surface area contributed by atoms with Crippen LogP contribution in [-0.2, 0) is 16.0 Å². The molecule has 7 nitrogen and oxygen atoms in total. The second kappa shape index (κ2) is 9.71. The molecule has 2 aliphatic rings. The van der Waals surface area contributed by atoms with Crippen molar-refractivity contribution in [3.8, 4) is 11.5 Å². The predicted molar refractivity (Wildman–Crippen MR) is 108 cm³/mol. The molecule has 0 saturated carbocycles. The van der Waals surface area contributed by atoms with E-state index >= 15 is 0 Å². The minimum absolute atomic E-state index is 0.0768. The molecule has 0 spiro atoms. The number of aromatic nitrogens is 1. The summed E-state index contributed by atoms with van der Waals surface area (Å²) < 4.78 is 16.5. The Morgan fingerprint density at radius 3 is 2.86 bits per heavy atom. The minimum atomic E-state index is 0.0768. The van der Waals surface area contributed by atoms with E-state index in [9.17, 15) is 4.79 Å². The van der Waals surface area contributed by atoms with Crippen LogP contribution in [0, 0.1) is 0 Å². The summed E-state index contributed by atoms with van der Waals surface area (Å²) >= 11 is 0. The van der Waals surface area contributed by atoms with Crippen molar-refractivity contribution in [3.05, 3.63) is 53.9 Å². The molecule has 7 heteroatoms. The molecule has 0 radical (unpaired) electrons. The number of rotatable bonds is 8. The van der Waals surface area contributed by atoms with Crippen LogP contribution in [0.25, 0.3) is 0 Å². The lowest BCUT2D eigenvalue weighted by Crippen LogP contribution is -2.43. The summed E-state index contributed by atoms with van der Waals surface area (Å²) in [6.07, 6.45) is 5.79. The van der Waals surface area contributed by atoms with Crippen LogP contribution in [0.1, 0.15) is 30.0 Å². The van der Waals surface area contributed by atoms with Crippen molar-refractivity contribution in [1.29, 1.82) is 0 Å². The van der Waals surface area contributed by atoms with E-state index in [1.807, 2.05) is 30.5 Å². The monoisotopic (exact) mass is 397 g/mol. The van der Waals surface area contributed by atoms with Crippen LogP contribution in [0.15, 0.2) is 42.7 Å². The number of aryl methyl sites for hydroxylation is 1. The summed E-state index contributed by atoms with van der Waals surface area (Å²) in [5, 5.41) is 3.12. The Bertz CT molecular complexity index is 809. The molecule has 1 N–H and O–H groups in total. The van der Waals surface area contributed by atoms with E-state index in [4.69, 9.17) is 14.2 Å². The van der Waals surface area contributed by atoms with Crippen LogP contribution in [0.4, 0.5) is 0 Å². The fraction of sp³-hybridized carbons (Fsp3) is 0.455. The highest BCUT2D eigenvalue weighted by molar-refractivity contribution is 5.75. The van der Waals surface area contributed by atoms with Gasteiger partial charge in [0.25, 0.3) is 0 Å². The van der Waals surface area contributed by atoms with Crippen LogP contribution in [-0.4, -0.2) is 55.4 Å². The summed E-state index contributed by atoms with van der Waals surface area (Å²) in [7, 11) is 0. The molecule has 3 heterocycles. The lowest BCUT2D eigenvalue weighted by molar-refractivity contribution is -0.121. The first-order valence-electron chi connectivity index (χ1n) is 10.2. The second-order valence-corrected chi connectivity index (χ2v) is 7.30. The Hall–Kier alpha value is -2.64. The number of hydrogen-bond donors (Lipinski definition) is 1. The first-order valence-corrected chi connectivity index (χ1v) is 10.2. The highest BCUT2D eigenvalue weighted by atomic mass is 16.7. The molecular formula is C22H27N3O4. The normalized spacial score (nSPS) is 17.1. The Balaban J connectivity index is 1.34. The van der Waals surface area contributed by atoms with Crippen molar-refractivity contribution in [1.82, 2.24) is 15.2 Å². The average Bonchev–Trinajstić information content (AvgIpc) is 3.23. The van der Waals surface area contributed by atoms with Gasteiger partial charge in [0, 0.05) is 38.4 Å². The van der Waals surface area contributed by atoms with E-state index in [2.05, 4.69) is 21.3 Å². The van der Waals surface area contributed by atoms with E-state index in [0.29, 0.717) is 26.2 Å². The zero-order valence-electron chi connectivity index (χ0n) is 16.5. The van der Waals surface area contributed by atoms with Gasteiger partial charge < -0.3 is 19.5 Å². The van der Waals surface area contributed by atoms with E-state index < -0.39 is 0 Å². The molecule has 29 heavy (non-hydrogen) atoms. The van der Waals surface area contributed by atoms with Gasteiger partial charge in [0.1, 0.15) is 0 Å². The number of benzene rings is 1. The van der Waals surface area contributed by atoms with Gasteiger partial charge in [-0.1, -0.05) is 12.1 Å². The van der Waals surface area contributed by atoms with Crippen molar-refractivity contribution in [2.24, 2.45) is 0 Å². The van der Waals surface area contributed by atoms with Gasteiger partial charge in [-0.15, -0.1) is 0 Å². The molecule has 154 valence electrons. The third-order valence-corrected chi connectivity index (χ3v) is 5.35. The zero-order chi connectivity index (χ0) is 19.9. The molecule has 2 aliphatic heterocycles. The van der Waals surface area contributed by atoms with E-state index in [0.717, 1.165) is 48.6 Å². The van der Waals surface area contributed by atoms with Crippen LogP contribution in [0.2, 0.25) is 0 Å². The maximum atomic E-state index is 12.4. The van der Waals surface area contributed by atoms with Crippen molar-refractivity contribution in [2.75, 3.05) is 39.6 Å². The molecule has 1 saturated heterocycles. The maximum absolute atomic E-state index is 12.4. The summed E-state index contributed by atoms with van der Waals surface area (Å²) in [6.45, 7) is 3.92. The molecule has 2 aromatic rings. The predicted octanol–water partition coefficient (Wildman–Crippen LogP) is 2.32. The number of hydrogen-bond acceptors (Lipinski definition) is 6. The van der Waals surface area contributed by atoms with Gasteiger partial charge in [-0.25, -0.2) is 0 Å². The molecule has 1 unspecified atom stereocenters. The SMILES string of the molecule is O=C(CCCc1cccnc1)NCC(c1ccc2c(c1)OCO2)N1CCOCC1. The summed E-state index contributed by atoms with van der Waals surface area (Å²) in [6, 6.07) is 10.1. The van der Waals surface area contributed by atoms with Crippen LogP contribution in [0.5, 0.6) is 11.5 Å². The summed E-state index contributed by atoms with van der Waals surface area (Å²) in [4.78, 5) is 18.9. The Labute approximate surface area is 171 Å². The first-order chi connectivity index (χ1) is 14.3. The maximum Gasteiger partial charge on any atom is 0.231 e. The van der Waals surface area contributed by atoms with Crippen molar-refractivity contribution in [2.45, 2.75) is 25.3 Å². The molecule has 1 amide bonds. The first kappa shape index (κ1) is 19.7. The third-order valence-electron chi connectivity index (χ3n) is 5.35. The number of nitrogens with one attached hydrogen (secondary N) is 1. The minimum Gasteiger partial charge on any atom is -0.454 e. The van der Waals surface area contributed by atoms with Gasteiger partial charge in [-0.2, -0.15) is 0 Å². The van der Waals surface area contributed by atoms with E-state index in [-0.39, 0.29) is 18.7 Å². The van der Waals surface area contributed by atoms with Crippen LogP contribution >= 0.6 is 0 Å². The van der Waals surface area contributed by atoms with Crippen LogP contribution in [0.3, 0.4) is 0 Å². The number of fused-ring (bicyclic) bond motifs is 1. The standard InChI is InChI=1S/C22H27N3O4/c26-22(5-1-3-17-4-2-8-23-14-17)24-15-19(25-9-11-27-12-10-25)18-6-7-20-21(13-18)29-16-28-20/h2,4,6-8,13-14,19H,1,3,5,9-12,15-16H2,(H,24,26). The molecular weight excluding hydrogens is 370 g/mol. The van der Waals surface area contributed by atoms with Gasteiger partial charge in [0.15, 0.2) is 11.5 Å². The highest BCUT2D eigenvalue weighted by Crippen LogP contribution is 2.35. The number of carbonyl (C=O) groups excluding carboxylic acids is 1. The average molecular weight is 397 g/mol. The van der Waals surface area contributed by atoms with Crippen molar-refractivity contribution >= 4 is 5.91 Å². The molecule has 1 atom stereocenters. The van der Waals surface area contributed by atoms with Crippen molar-refractivity contribution in [3.63, 3.8) is 0 Å². The number of carbonyl (C=O) groups is 1. The van der Waals surface area contributed by atoms with E-state index in [1.54, 1.807) is 6.20 Å². The Kier molecular flexibility index (Phi) is 6.59. The molecule has 0 aliphatic carbocycles. The molecule has 1 fully saturated rings. The van der Waals surface area contributed by atoms with Crippen molar-refractivity contribution < 1.29 is 19.0 Å². The van der Waals surface area contributed by atoms with E-state index in [1.165, 1.54) is 0 Å². The zero-order valence-corrected chi connectivity index (χ0v) is 16.5. The quantitative estimate of drug-likeness (QED) is 0.737. The summed E-state index contributed by atoms with van der Waals surface area (Å²) in [5.74, 6) is 1.62. The van der Waals surface area contributed by atoms with Gasteiger partial charge >= 0.3 is 0 Å². The topological polar surface area (TPSA) is 72.9 Å². The highest BCUT2D eigenvalue weighted by Gasteiger charge is 2.25. The lowest BCUT2D eigenvalue weighted by Gasteiger charge is -2.35. The Morgan fingerprint density at radius 1 is 1.17 bits per heavy atom. The molecule has 1 aromatic carbocycles. The fourth-order valence-corrected chi connectivity index (χ4v) is 3.77. The smallest absolute Gasteiger partial charge is 0.231 e. The third kappa shape index (κ3) is 5.25.